The van der Waals surface area contributed by atoms with Crippen LogP contribution in [0.4, 0.5) is 0 Å². The van der Waals surface area contributed by atoms with Crippen molar-refractivity contribution in [1.82, 2.24) is 4.90 Å². The summed E-state index contributed by atoms with van der Waals surface area (Å²) in [6.45, 7) is 3.86. The molecule has 0 saturated heterocycles. The van der Waals surface area contributed by atoms with Gasteiger partial charge in [0.2, 0.25) is 5.91 Å². The van der Waals surface area contributed by atoms with Gasteiger partial charge in [0, 0.05) is 25.9 Å². The van der Waals surface area contributed by atoms with Crippen LogP contribution in [0.3, 0.4) is 0 Å². The van der Waals surface area contributed by atoms with Crippen molar-refractivity contribution in [3.8, 4) is 6.07 Å². The van der Waals surface area contributed by atoms with Crippen molar-refractivity contribution < 1.29 is 9.53 Å². The third kappa shape index (κ3) is 2.89. The third-order valence-electron chi connectivity index (χ3n) is 3.40. The molecule has 2 rings (SSSR count). The number of carbonyl (C=O) groups is 1. The van der Waals surface area contributed by atoms with E-state index in [1.54, 1.807) is 0 Å². The van der Waals surface area contributed by atoms with Crippen LogP contribution in [0.2, 0.25) is 0 Å². The fraction of sp³-hybridized carbons (Fsp3) is 0.375. The van der Waals surface area contributed by atoms with Crippen LogP contribution in [0.1, 0.15) is 31.7 Å². The SMILES string of the molecule is CCOC1CC(c2ccccc2)C=C(C#N)N1C(C)=O. The first-order chi connectivity index (χ1) is 9.67. The Labute approximate surface area is 119 Å². The van der Waals surface area contributed by atoms with Gasteiger partial charge in [-0.3, -0.25) is 9.69 Å². The van der Waals surface area contributed by atoms with Crippen LogP contribution in [-0.2, 0) is 9.53 Å². The highest BCUT2D eigenvalue weighted by atomic mass is 16.5. The molecule has 4 nitrogen and oxygen atoms in total. The molecular weight excluding hydrogens is 252 g/mol. The zero-order valence-corrected chi connectivity index (χ0v) is 11.7. The summed E-state index contributed by atoms with van der Waals surface area (Å²) in [6, 6.07) is 12.1. The highest BCUT2D eigenvalue weighted by Crippen LogP contribution is 2.33. The van der Waals surface area contributed by atoms with Gasteiger partial charge in [0.1, 0.15) is 18.0 Å². The van der Waals surface area contributed by atoms with E-state index in [0.29, 0.717) is 18.7 Å². The van der Waals surface area contributed by atoms with E-state index in [0.717, 1.165) is 5.56 Å². The van der Waals surface area contributed by atoms with Gasteiger partial charge in [0.05, 0.1) is 0 Å². The minimum Gasteiger partial charge on any atom is -0.358 e. The average molecular weight is 270 g/mol. The molecule has 0 aliphatic carbocycles. The topological polar surface area (TPSA) is 53.3 Å². The lowest BCUT2D eigenvalue weighted by molar-refractivity contribution is -0.140. The molecule has 2 unspecified atom stereocenters. The second kappa shape index (κ2) is 6.36. The van der Waals surface area contributed by atoms with Gasteiger partial charge in [0.25, 0.3) is 0 Å². The van der Waals surface area contributed by atoms with Gasteiger partial charge in [-0.25, -0.2) is 0 Å². The number of rotatable bonds is 3. The second-order valence-electron chi connectivity index (χ2n) is 4.72. The van der Waals surface area contributed by atoms with Gasteiger partial charge < -0.3 is 4.74 Å². The van der Waals surface area contributed by atoms with E-state index in [1.165, 1.54) is 11.8 Å². The Morgan fingerprint density at radius 3 is 2.70 bits per heavy atom. The number of allylic oxidation sites excluding steroid dienone is 2. The van der Waals surface area contributed by atoms with Crippen LogP contribution in [0.25, 0.3) is 0 Å². The van der Waals surface area contributed by atoms with Crippen LogP contribution in [0, 0.1) is 11.3 Å². The Hall–Kier alpha value is -2.12. The second-order valence-corrected chi connectivity index (χ2v) is 4.72. The molecule has 1 aromatic rings. The Morgan fingerprint density at radius 1 is 1.45 bits per heavy atom. The third-order valence-corrected chi connectivity index (χ3v) is 3.40. The maximum atomic E-state index is 11.8. The highest BCUT2D eigenvalue weighted by molar-refractivity contribution is 5.76. The number of hydrogen-bond acceptors (Lipinski definition) is 3. The van der Waals surface area contributed by atoms with Gasteiger partial charge in [-0.15, -0.1) is 0 Å². The number of benzene rings is 1. The molecule has 1 aromatic carbocycles. The van der Waals surface area contributed by atoms with Crippen LogP contribution >= 0.6 is 0 Å². The fourth-order valence-electron chi connectivity index (χ4n) is 2.55. The van der Waals surface area contributed by atoms with Crippen molar-refractivity contribution in [2.45, 2.75) is 32.4 Å². The first-order valence-electron chi connectivity index (χ1n) is 6.75. The van der Waals surface area contributed by atoms with Crippen molar-refractivity contribution >= 4 is 5.91 Å². The van der Waals surface area contributed by atoms with E-state index in [2.05, 4.69) is 6.07 Å². The van der Waals surface area contributed by atoms with E-state index < -0.39 is 0 Å². The minimum absolute atomic E-state index is 0.0954. The number of ether oxygens (including phenoxy) is 1. The largest absolute Gasteiger partial charge is 0.358 e. The molecule has 20 heavy (non-hydrogen) atoms. The summed E-state index contributed by atoms with van der Waals surface area (Å²) in [5.41, 5.74) is 1.50. The molecular formula is C16H18N2O2. The number of nitriles is 1. The molecule has 0 N–H and O–H groups in total. The van der Waals surface area contributed by atoms with Crippen molar-refractivity contribution in [3.05, 3.63) is 47.7 Å². The summed E-state index contributed by atoms with van der Waals surface area (Å²) >= 11 is 0. The molecule has 0 radical (unpaired) electrons. The normalized spacial score (nSPS) is 22.1. The van der Waals surface area contributed by atoms with Gasteiger partial charge in [0.15, 0.2) is 0 Å². The van der Waals surface area contributed by atoms with Crippen molar-refractivity contribution in [2.24, 2.45) is 0 Å². The Kier molecular flexibility index (Phi) is 4.54. The summed E-state index contributed by atoms with van der Waals surface area (Å²) in [5, 5.41) is 9.29. The zero-order chi connectivity index (χ0) is 14.5. The molecule has 1 aliphatic rings. The van der Waals surface area contributed by atoms with Crippen molar-refractivity contribution in [1.29, 1.82) is 5.26 Å². The van der Waals surface area contributed by atoms with Gasteiger partial charge in [-0.05, 0) is 18.6 Å². The number of amides is 1. The quantitative estimate of drug-likeness (QED) is 0.848. The van der Waals surface area contributed by atoms with Crippen LogP contribution in [0.15, 0.2) is 42.1 Å². The fourth-order valence-corrected chi connectivity index (χ4v) is 2.55. The van der Waals surface area contributed by atoms with Crippen LogP contribution in [-0.4, -0.2) is 23.6 Å². The summed E-state index contributed by atoms with van der Waals surface area (Å²) in [6.07, 6.45) is 2.15. The van der Waals surface area contributed by atoms with E-state index in [1.807, 2.05) is 43.3 Å². The maximum absolute atomic E-state index is 11.8. The summed E-state index contributed by atoms with van der Waals surface area (Å²) < 4.78 is 5.65. The number of hydrogen-bond donors (Lipinski definition) is 0. The van der Waals surface area contributed by atoms with Crippen LogP contribution < -0.4 is 0 Å². The molecule has 2 atom stereocenters. The zero-order valence-electron chi connectivity index (χ0n) is 11.7. The predicted octanol–water partition coefficient (Wildman–Crippen LogP) is 2.79. The van der Waals surface area contributed by atoms with Crippen molar-refractivity contribution in [2.75, 3.05) is 6.61 Å². The standard InChI is InChI=1S/C16H18N2O2/c1-3-20-16-10-14(13-7-5-4-6-8-13)9-15(11-17)18(16)12(2)19/h4-9,14,16H,3,10H2,1-2H3. The molecule has 1 aliphatic heterocycles. The molecule has 4 heteroatoms. The van der Waals surface area contributed by atoms with Gasteiger partial charge in [-0.2, -0.15) is 5.26 Å². The molecule has 1 heterocycles. The lowest BCUT2D eigenvalue weighted by Gasteiger charge is -2.36. The monoisotopic (exact) mass is 270 g/mol. The molecule has 0 aromatic heterocycles. The molecule has 0 spiro atoms. The highest BCUT2D eigenvalue weighted by Gasteiger charge is 2.32. The summed E-state index contributed by atoms with van der Waals surface area (Å²) in [4.78, 5) is 13.2. The average Bonchev–Trinajstić information content (AvgIpc) is 2.47. The maximum Gasteiger partial charge on any atom is 0.226 e. The molecule has 0 bridgehead atoms. The van der Waals surface area contributed by atoms with E-state index in [9.17, 15) is 10.1 Å². The Morgan fingerprint density at radius 2 is 2.15 bits per heavy atom. The Bertz CT molecular complexity index is 545. The van der Waals surface area contributed by atoms with E-state index in [4.69, 9.17) is 4.74 Å². The van der Waals surface area contributed by atoms with E-state index >= 15 is 0 Å². The first-order valence-corrected chi connectivity index (χ1v) is 6.75. The van der Waals surface area contributed by atoms with E-state index in [-0.39, 0.29) is 18.1 Å². The minimum atomic E-state index is -0.373. The molecule has 1 amide bonds. The lowest BCUT2D eigenvalue weighted by Crippen LogP contribution is -2.43. The number of nitrogens with zero attached hydrogens (tertiary/aromatic N) is 2. The van der Waals surface area contributed by atoms with Crippen LogP contribution in [0.5, 0.6) is 0 Å². The molecule has 0 fully saturated rings. The lowest BCUT2D eigenvalue weighted by atomic mass is 9.90. The summed E-state index contributed by atoms with van der Waals surface area (Å²) in [5.74, 6) is -0.0687. The molecule has 104 valence electrons. The van der Waals surface area contributed by atoms with Gasteiger partial charge in [-0.1, -0.05) is 30.3 Å². The number of carbonyl (C=O) groups excluding carboxylic acids is 1. The van der Waals surface area contributed by atoms with Crippen molar-refractivity contribution in [3.63, 3.8) is 0 Å². The van der Waals surface area contributed by atoms with Gasteiger partial charge >= 0.3 is 0 Å². The Balaban J connectivity index is 2.37. The summed E-state index contributed by atoms with van der Waals surface area (Å²) in [7, 11) is 0. The smallest absolute Gasteiger partial charge is 0.226 e. The molecule has 0 saturated carbocycles. The first kappa shape index (κ1) is 14.3. The predicted molar refractivity (Wildman–Crippen MR) is 75.4 cm³/mol.